The minimum absolute atomic E-state index is 0.301. The zero-order valence-electron chi connectivity index (χ0n) is 11.7. The summed E-state index contributed by atoms with van der Waals surface area (Å²) in [5, 5.41) is 0. The molecule has 0 spiro atoms. The second-order valence-electron chi connectivity index (χ2n) is 5.55. The minimum atomic E-state index is 0.301. The SMILES string of the molecule is CC(C)C1CCCN(c2cnc(C(N)=S)cn2)CC1. The Morgan fingerprint density at radius 2 is 2.11 bits per heavy atom. The molecule has 0 radical (unpaired) electrons. The summed E-state index contributed by atoms with van der Waals surface area (Å²) < 4.78 is 0. The zero-order valence-corrected chi connectivity index (χ0v) is 12.5. The number of anilines is 1. The number of rotatable bonds is 3. The molecule has 1 fully saturated rings. The summed E-state index contributed by atoms with van der Waals surface area (Å²) >= 11 is 4.89. The Bertz CT molecular complexity index is 430. The molecule has 0 bridgehead atoms. The van der Waals surface area contributed by atoms with Gasteiger partial charge in [-0.1, -0.05) is 26.1 Å². The highest BCUT2D eigenvalue weighted by Gasteiger charge is 2.20. The molecule has 2 N–H and O–H groups in total. The van der Waals surface area contributed by atoms with Crippen molar-refractivity contribution >= 4 is 23.0 Å². The summed E-state index contributed by atoms with van der Waals surface area (Å²) in [5.41, 5.74) is 6.13. The Morgan fingerprint density at radius 3 is 2.68 bits per heavy atom. The largest absolute Gasteiger partial charge is 0.388 e. The van der Waals surface area contributed by atoms with Crippen LogP contribution in [0.2, 0.25) is 0 Å². The lowest BCUT2D eigenvalue weighted by molar-refractivity contribution is 0.351. The van der Waals surface area contributed by atoms with Gasteiger partial charge in [-0.05, 0) is 31.1 Å². The first kappa shape index (κ1) is 14.2. The fraction of sp³-hybridized carbons (Fsp3) is 0.643. The molecule has 1 aromatic rings. The molecular formula is C14H22N4S. The number of hydrogen-bond acceptors (Lipinski definition) is 4. The molecule has 5 heteroatoms. The zero-order chi connectivity index (χ0) is 13.8. The second-order valence-corrected chi connectivity index (χ2v) is 5.99. The third-order valence-corrected chi connectivity index (χ3v) is 4.14. The van der Waals surface area contributed by atoms with Crippen molar-refractivity contribution in [2.75, 3.05) is 18.0 Å². The molecule has 1 unspecified atom stereocenters. The molecule has 2 rings (SSSR count). The van der Waals surface area contributed by atoms with E-state index in [0.717, 1.165) is 30.7 Å². The van der Waals surface area contributed by atoms with Crippen LogP contribution in [0.25, 0.3) is 0 Å². The second kappa shape index (κ2) is 6.28. The predicted molar refractivity (Wildman–Crippen MR) is 82.3 cm³/mol. The predicted octanol–water partition coefficient (Wildman–Crippen LogP) is 2.37. The van der Waals surface area contributed by atoms with Crippen molar-refractivity contribution in [1.82, 2.24) is 9.97 Å². The third kappa shape index (κ3) is 3.62. The molecule has 4 nitrogen and oxygen atoms in total. The first-order valence-electron chi connectivity index (χ1n) is 6.94. The topological polar surface area (TPSA) is 55.0 Å². The third-order valence-electron chi connectivity index (χ3n) is 3.93. The van der Waals surface area contributed by atoms with Gasteiger partial charge in [0.2, 0.25) is 0 Å². The van der Waals surface area contributed by atoms with Crippen LogP contribution in [0, 0.1) is 11.8 Å². The van der Waals surface area contributed by atoms with Gasteiger partial charge in [-0.25, -0.2) is 9.97 Å². The lowest BCUT2D eigenvalue weighted by Crippen LogP contribution is -2.26. The van der Waals surface area contributed by atoms with Crippen molar-refractivity contribution in [1.29, 1.82) is 0 Å². The van der Waals surface area contributed by atoms with Crippen LogP contribution in [0.5, 0.6) is 0 Å². The number of hydrogen-bond donors (Lipinski definition) is 1. The first-order chi connectivity index (χ1) is 9.08. The van der Waals surface area contributed by atoms with Crippen molar-refractivity contribution in [2.45, 2.75) is 33.1 Å². The smallest absolute Gasteiger partial charge is 0.147 e. The van der Waals surface area contributed by atoms with Crippen molar-refractivity contribution in [2.24, 2.45) is 17.6 Å². The number of nitrogens with zero attached hydrogens (tertiary/aromatic N) is 3. The van der Waals surface area contributed by atoms with Crippen molar-refractivity contribution in [3.63, 3.8) is 0 Å². The quantitative estimate of drug-likeness (QED) is 0.860. The van der Waals surface area contributed by atoms with Crippen LogP contribution >= 0.6 is 12.2 Å². The summed E-state index contributed by atoms with van der Waals surface area (Å²) in [6.07, 6.45) is 7.22. The highest BCUT2D eigenvalue weighted by atomic mass is 32.1. The molecule has 0 saturated carbocycles. The maximum Gasteiger partial charge on any atom is 0.147 e. The molecular weight excluding hydrogens is 256 g/mol. The standard InChI is InChI=1S/C14H22N4S/c1-10(2)11-4-3-6-18(7-5-11)13-9-16-12(8-17-13)14(15)19/h8-11H,3-7H2,1-2H3,(H2,15,19). The van der Waals surface area contributed by atoms with Crippen LogP contribution in [-0.2, 0) is 0 Å². The fourth-order valence-electron chi connectivity index (χ4n) is 2.63. The van der Waals surface area contributed by atoms with Gasteiger partial charge >= 0.3 is 0 Å². The Morgan fingerprint density at radius 1 is 1.32 bits per heavy atom. The van der Waals surface area contributed by atoms with Gasteiger partial charge in [-0.2, -0.15) is 0 Å². The maximum absolute atomic E-state index is 5.53. The summed E-state index contributed by atoms with van der Waals surface area (Å²) in [4.78, 5) is 11.3. The van der Waals surface area contributed by atoms with Crippen LogP contribution in [-0.4, -0.2) is 28.0 Å². The lowest BCUT2D eigenvalue weighted by Gasteiger charge is -2.22. The van der Waals surface area contributed by atoms with Gasteiger partial charge in [0.05, 0.1) is 12.4 Å². The van der Waals surface area contributed by atoms with Gasteiger partial charge in [0.25, 0.3) is 0 Å². The summed E-state index contributed by atoms with van der Waals surface area (Å²) in [7, 11) is 0. The minimum Gasteiger partial charge on any atom is -0.388 e. The van der Waals surface area contributed by atoms with Crippen LogP contribution in [0.3, 0.4) is 0 Å². The molecule has 1 aliphatic rings. The molecule has 0 aromatic carbocycles. The monoisotopic (exact) mass is 278 g/mol. The van der Waals surface area contributed by atoms with Gasteiger partial charge in [-0.15, -0.1) is 0 Å². The van der Waals surface area contributed by atoms with E-state index >= 15 is 0 Å². The van der Waals surface area contributed by atoms with E-state index in [2.05, 4.69) is 28.7 Å². The maximum atomic E-state index is 5.53. The molecule has 0 amide bonds. The first-order valence-corrected chi connectivity index (χ1v) is 7.35. The number of thiocarbonyl (C=S) groups is 1. The number of nitrogens with two attached hydrogens (primary N) is 1. The average molecular weight is 278 g/mol. The highest BCUT2D eigenvalue weighted by Crippen LogP contribution is 2.26. The van der Waals surface area contributed by atoms with Gasteiger partial charge in [0.15, 0.2) is 0 Å². The molecule has 2 heterocycles. The van der Waals surface area contributed by atoms with Gasteiger partial charge in [0.1, 0.15) is 16.5 Å². The summed E-state index contributed by atoms with van der Waals surface area (Å²) in [6.45, 7) is 6.75. The van der Waals surface area contributed by atoms with Crippen LogP contribution in [0.1, 0.15) is 38.8 Å². The van der Waals surface area contributed by atoms with E-state index < -0.39 is 0 Å². The van der Waals surface area contributed by atoms with Gasteiger partial charge < -0.3 is 10.6 Å². The van der Waals surface area contributed by atoms with E-state index in [1.165, 1.54) is 19.3 Å². The Kier molecular flexibility index (Phi) is 4.69. The fourth-order valence-corrected chi connectivity index (χ4v) is 2.74. The Hall–Kier alpha value is -1.23. The Balaban J connectivity index is 2.03. The molecule has 1 aromatic heterocycles. The summed E-state index contributed by atoms with van der Waals surface area (Å²) in [5.74, 6) is 2.53. The molecule has 1 saturated heterocycles. The highest BCUT2D eigenvalue weighted by molar-refractivity contribution is 7.80. The normalized spacial score (nSPS) is 20.4. The number of aromatic nitrogens is 2. The Labute approximate surface area is 120 Å². The van der Waals surface area contributed by atoms with Crippen molar-refractivity contribution in [3.8, 4) is 0 Å². The van der Waals surface area contributed by atoms with Gasteiger partial charge in [-0.3, -0.25) is 0 Å². The molecule has 104 valence electrons. The molecule has 0 aliphatic carbocycles. The van der Waals surface area contributed by atoms with E-state index in [4.69, 9.17) is 18.0 Å². The van der Waals surface area contributed by atoms with E-state index in [1.807, 2.05) is 0 Å². The van der Waals surface area contributed by atoms with Crippen molar-refractivity contribution < 1.29 is 0 Å². The lowest BCUT2D eigenvalue weighted by atomic mass is 9.89. The van der Waals surface area contributed by atoms with Gasteiger partial charge in [0, 0.05) is 13.1 Å². The van der Waals surface area contributed by atoms with Crippen molar-refractivity contribution in [3.05, 3.63) is 18.1 Å². The average Bonchev–Trinajstić information content (AvgIpc) is 2.64. The van der Waals surface area contributed by atoms with Crippen LogP contribution in [0.4, 0.5) is 5.82 Å². The van der Waals surface area contributed by atoms with E-state index in [-0.39, 0.29) is 0 Å². The molecule has 19 heavy (non-hydrogen) atoms. The van der Waals surface area contributed by atoms with Crippen LogP contribution < -0.4 is 10.6 Å². The van der Waals surface area contributed by atoms with E-state index in [0.29, 0.717) is 10.7 Å². The molecule has 1 aliphatic heterocycles. The van der Waals surface area contributed by atoms with Crippen LogP contribution in [0.15, 0.2) is 12.4 Å². The summed E-state index contributed by atoms with van der Waals surface area (Å²) in [6, 6.07) is 0. The van der Waals surface area contributed by atoms with E-state index in [9.17, 15) is 0 Å². The van der Waals surface area contributed by atoms with E-state index in [1.54, 1.807) is 12.4 Å². The molecule has 1 atom stereocenters.